The van der Waals surface area contributed by atoms with Crippen molar-refractivity contribution < 1.29 is 14.3 Å². The Morgan fingerprint density at radius 1 is 0.800 bits per heavy atom. The molecule has 86 valence electrons. The molecule has 0 aromatic carbocycles. The van der Waals surface area contributed by atoms with Crippen molar-refractivity contribution in [2.24, 2.45) is 22.7 Å². The first kappa shape index (κ1) is 12.2. The molecule has 1 fully saturated rings. The van der Waals surface area contributed by atoms with E-state index in [4.69, 9.17) is 4.74 Å². The van der Waals surface area contributed by atoms with Crippen LogP contribution in [0.5, 0.6) is 0 Å². The van der Waals surface area contributed by atoms with Crippen LogP contribution in [-0.2, 0) is 14.3 Å². The summed E-state index contributed by atoms with van der Waals surface area (Å²) in [6, 6.07) is 0. The fraction of sp³-hybridized carbons (Fsp3) is 0.833. The molecule has 1 aliphatic rings. The van der Waals surface area contributed by atoms with Gasteiger partial charge in [0.05, 0.1) is 11.8 Å². The average molecular weight is 212 g/mol. The fourth-order valence-electron chi connectivity index (χ4n) is 2.21. The third-order valence-electron chi connectivity index (χ3n) is 2.91. The Hall–Kier alpha value is -0.860. The Balaban J connectivity index is 3.12. The maximum Gasteiger partial charge on any atom is 0.318 e. The maximum absolute atomic E-state index is 11.6. The Kier molecular flexibility index (Phi) is 2.71. The van der Waals surface area contributed by atoms with Gasteiger partial charge in [0.2, 0.25) is 0 Å². The molecule has 2 atom stereocenters. The van der Waals surface area contributed by atoms with Crippen molar-refractivity contribution in [2.45, 2.75) is 41.5 Å². The summed E-state index contributed by atoms with van der Waals surface area (Å²) in [6.45, 7) is 11.8. The van der Waals surface area contributed by atoms with Gasteiger partial charge in [-0.3, -0.25) is 9.59 Å². The second-order valence-electron chi connectivity index (χ2n) is 6.43. The smallest absolute Gasteiger partial charge is 0.318 e. The summed E-state index contributed by atoms with van der Waals surface area (Å²) in [5.74, 6) is -1.39. The molecule has 0 radical (unpaired) electrons. The van der Waals surface area contributed by atoms with Gasteiger partial charge in [-0.05, 0) is 10.8 Å². The molecule has 0 aromatic rings. The first-order valence-electron chi connectivity index (χ1n) is 5.30. The minimum atomic E-state index is -0.368. The molecule has 15 heavy (non-hydrogen) atoms. The molecule has 0 aliphatic carbocycles. The van der Waals surface area contributed by atoms with Gasteiger partial charge in [-0.2, -0.15) is 0 Å². The maximum atomic E-state index is 11.6. The zero-order valence-electron chi connectivity index (χ0n) is 10.4. The van der Waals surface area contributed by atoms with E-state index >= 15 is 0 Å². The second-order valence-corrected chi connectivity index (χ2v) is 6.43. The molecule has 0 aromatic heterocycles. The van der Waals surface area contributed by atoms with E-state index in [9.17, 15) is 9.59 Å². The third-order valence-corrected chi connectivity index (χ3v) is 2.91. The summed E-state index contributed by atoms with van der Waals surface area (Å²) >= 11 is 0. The van der Waals surface area contributed by atoms with E-state index in [1.165, 1.54) is 0 Å². The predicted octanol–water partition coefficient (Wildman–Crippen LogP) is 2.39. The van der Waals surface area contributed by atoms with Crippen molar-refractivity contribution >= 4 is 11.9 Å². The summed E-state index contributed by atoms with van der Waals surface area (Å²) in [5.41, 5.74) is -0.470. The first-order chi connectivity index (χ1) is 6.55. The van der Waals surface area contributed by atoms with Crippen LogP contribution in [0.2, 0.25) is 0 Å². The van der Waals surface area contributed by atoms with E-state index in [-0.39, 0.29) is 34.6 Å². The number of hydrogen-bond acceptors (Lipinski definition) is 3. The van der Waals surface area contributed by atoms with E-state index in [2.05, 4.69) is 0 Å². The molecule has 0 amide bonds. The van der Waals surface area contributed by atoms with Gasteiger partial charge >= 0.3 is 11.9 Å². The van der Waals surface area contributed by atoms with Gasteiger partial charge < -0.3 is 4.74 Å². The molecule has 0 spiro atoms. The van der Waals surface area contributed by atoms with Crippen LogP contribution >= 0.6 is 0 Å². The monoisotopic (exact) mass is 212 g/mol. The van der Waals surface area contributed by atoms with E-state index in [0.29, 0.717) is 0 Å². The molecule has 3 nitrogen and oxygen atoms in total. The zero-order chi connectivity index (χ0) is 12.0. The van der Waals surface area contributed by atoms with Gasteiger partial charge in [0.25, 0.3) is 0 Å². The molecule has 2 unspecified atom stereocenters. The van der Waals surface area contributed by atoms with Crippen LogP contribution in [-0.4, -0.2) is 11.9 Å². The van der Waals surface area contributed by atoms with Crippen molar-refractivity contribution in [3.63, 3.8) is 0 Å². The van der Waals surface area contributed by atoms with Crippen LogP contribution in [0.1, 0.15) is 41.5 Å². The summed E-state index contributed by atoms with van der Waals surface area (Å²) in [4.78, 5) is 23.3. The fourth-order valence-corrected chi connectivity index (χ4v) is 2.21. The van der Waals surface area contributed by atoms with Crippen molar-refractivity contribution in [2.75, 3.05) is 0 Å². The number of cyclic esters (lactones) is 2. The lowest BCUT2D eigenvalue weighted by Gasteiger charge is -2.34. The SMILES string of the molecule is CC(C)(C)C1C(=O)OC(=O)C1C(C)(C)C. The number of hydrogen-bond donors (Lipinski definition) is 0. The van der Waals surface area contributed by atoms with Crippen molar-refractivity contribution in [3.05, 3.63) is 0 Å². The minimum absolute atomic E-state index is 0.235. The van der Waals surface area contributed by atoms with Crippen LogP contribution in [0, 0.1) is 22.7 Å². The number of ether oxygens (including phenoxy) is 1. The largest absolute Gasteiger partial charge is 0.393 e. The minimum Gasteiger partial charge on any atom is -0.393 e. The Morgan fingerprint density at radius 2 is 1.07 bits per heavy atom. The summed E-state index contributed by atoms with van der Waals surface area (Å²) < 4.78 is 4.76. The average Bonchev–Trinajstić information content (AvgIpc) is 2.22. The Morgan fingerprint density at radius 3 is 1.27 bits per heavy atom. The number of rotatable bonds is 0. The quantitative estimate of drug-likeness (QED) is 0.457. The molecule has 0 bridgehead atoms. The molecular weight excluding hydrogens is 192 g/mol. The van der Waals surface area contributed by atoms with Crippen LogP contribution < -0.4 is 0 Å². The van der Waals surface area contributed by atoms with E-state index < -0.39 is 0 Å². The first-order valence-corrected chi connectivity index (χ1v) is 5.30. The zero-order valence-corrected chi connectivity index (χ0v) is 10.4. The standard InChI is InChI=1S/C12H20O3/c1-11(2,3)7-8(12(4,5)6)10(14)15-9(7)13/h7-8H,1-6H3. The third kappa shape index (κ3) is 2.21. The highest BCUT2D eigenvalue weighted by atomic mass is 16.6. The lowest BCUT2D eigenvalue weighted by molar-refractivity contribution is -0.154. The number of carbonyl (C=O) groups excluding carboxylic acids is 2. The van der Waals surface area contributed by atoms with E-state index in [1.807, 2.05) is 41.5 Å². The van der Waals surface area contributed by atoms with E-state index in [0.717, 1.165) is 0 Å². The molecule has 1 rings (SSSR count). The lowest BCUT2D eigenvalue weighted by atomic mass is 9.65. The van der Waals surface area contributed by atoms with Gasteiger partial charge in [-0.1, -0.05) is 41.5 Å². The molecule has 1 aliphatic heterocycles. The molecule has 3 heteroatoms. The predicted molar refractivity (Wildman–Crippen MR) is 57.0 cm³/mol. The van der Waals surface area contributed by atoms with Crippen molar-refractivity contribution in [1.29, 1.82) is 0 Å². The summed E-state index contributed by atoms with van der Waals surface area (Å²) in [6.07, 6.45) is 0. The van der Waals surface area contributed by atoms with Crippen molar-refractivity contribution in [3.8, 4) is 0 Å². The highest BCUT2D eigenvalue weighted by molar-refractivity contribution is 5.97. The highest BCUT2D eigenvalue weighted by Gasteiger charge is 2.54. The molecular formula is C12H20O3. The highest BCUT2D eigenvalue weighted by Crippen LogP contribution is 2.46. The Bertz CT molecular complexity index is 261. The van der Waals surface area contributed by atoms with Crippen LogP contribution in [0.4, 0.5) is 0 Å². The topological polar surface area (TPSA) is 43.4 Å². The summed E-state index contributed by atoms with van der Waals surface area (Å²) in [7, 11) is 0. The van der Waals surface area contributed by atoms with Crippen LogP contribution in [0.3, 0.4) is 0 Å². The van der Waals surface area contributed by atoms with Gasteiger partial charge in [0.15, 0.2) is 0 Å². The van der Waals surface area contributed by atoms with Crippen molar-refractivity contribution in [1.82, 2.24) is 0 Å². The van der Waals surface area contributed by atoms with Gasteiger partial charge in [-0.25, -0.2) is 0 Å². The Labute approximate surface area is 91.2 Å². The van der Waals surface area contributed by atoms with Gasteiger partial charge in [0.1, 0.15) is 0 Å². The number of esters is 2. The second kappa shape index (κ2) is 3.32. The molecule has 1 heterocycles. The van der Waals surface area contributed by atoms with Crippen LogP contribution in [0.25, 0.3) is 0 Å². The normalized spacial score (nSPS) is 28.1. The molecule has 0 saturated carbocycles. The molecule has 0 N–H and O–H groups in total. The number of carbonyl (C=O) groups is 2. The van der Waals surface area contributed by atoms with Crippen LogP contribution in [0.15, 0.2) is 0 Å². The lowest BCUT2D eigenvalue weighted by Crippen LogP contribution is -2.38. The molecule has 1 saturated heterocycles. The van der Waals surface area contributed by atoms with Gasteiger partial charge in [-0.15, -0.1) is 0 Å². The summed E-state index contributed by atoms with van der Waals surface area (Å²) in [5, 5.41) is 0. The van der Waals surface area contributed by atoms with E-state index in [1.54, 1.807) is 0 Å². The van der Waals surface area contributed by atoms with Gasteiger partial charge in [0, 0.05) is 0 Å².